The van der Waals surface area contributed by atoms with Crippen LogP contribution in [0.25, 0.3) is 11.3 Å². The summed E-state index contributed by atoms with van der Waals surface area (Å²) in [6.45, 7) is 6.75. The summed E-state index contributed by atoms with van der Waals surface area (Å²) in [5.74, 6) is 0. The normalized spacial score (nSPS) is 17.6. The number of rotatable bonds is 1. The first kappa shape index (κ1) is 11.3. The van der Waals surface area contributed by atoms with Crippen LogP contribution in [0, 0.1) is 0 Å². The number of hydrogen-bond acceptors (Lipinski definition) is 2. The van der Waals surface area contributed by atoms with Gasteiger partial charge in [-0.05, 0) is 38.5 Å². The zero-order valence-corrected chi connectivity index (χ0v) is 11.1. The first-order valence-corrected chi connectivity index (χ1v) is 6.53. The molecular formula is C16H18N2. The van der Waals surface area contributed by atoms with Gasteiger partial charge in [-0.3, -0.25) is 4.98 Å². The minimum Gasteiger partial charge on any atom is -0.361 e. The maximum absolute atomic E-state index is 4.59. The Morgan fingerprint density at radius 2 is 1.89 bits per heavy atom. The Hall–Kier alpha value is -1.83. The van der Waals surface area contributed by atoms with E-state index in [0.717, 1.165) is 5.69 Å². The molecule has 1 unspecified atom stereocenters. The van der Waals surface area contributed by atoms with E-state index in [1.54, 1.807) is 0 Å². The molecule has 0 radical (unpaired) electrons. The molecule has 1 aliphatic heterocycles. The quantitative estimate of drug-likeness (QED) is 0.745. The molecule has 1 aromatic carbocycles. The molecule has 0 aliphatic carbocycles. The molecule has 92 valence electrons. The zero-order valence-electron chi connectivity index (χ0n) is 11.1. The van der Waals surface area contributed by atoms with Crippen LogP contribution in [0.3, 0.4) is 0 Å². The number of anilines is 1. The van der Waals surface area contributed by atoms with E-state index in [1.165, 1.54) is 16.8 Å². The van der Waals surface area contributed by atoms with Crippen LogP contribution in [0.15, 0.2) is 42.6 Å². The molecule has 2 nitrogen and oxygen atoms in total. The lowest BCUT2D eigenvalue weighted by Crippen LogP contribution is -2.36. The number of fused-ring (bicyclic) bond motifs is 3. The van der Waals surface area contributed by atoms with Crippen LogP contribution in [0.2, 0.25) is 0 Å². The SMILES string of the molecule is CC(C)N1c2cccnc2-c2ccccc2C1C. The summed E-state index contributed by atoms with van der Waals surface area (Å²) in [5.41, 5.74) is 5.01. The Labute approximate surface area is 108 Å². The highest BCUT2D eigenvalue weighted by atomic mass is 15.2. The Bertz CT molecular complexity index is 575. The van der Waals surface area contributed by atoms with E-state index in [1.807, 2.05) is 12.3 Å². The third-order valence-electron chi connectivity index (χ3n) is 3.70. The summed E-state index contributed by atoms with van der Waals surface area (Å²) in [6.07, 6.45) is 1.88. The van der Waals surface area contributed by atoms with Crippen LogP contribution < -0.4 is 4.90 Å². The van der Waals surface area contributed by atoms with E-state index in [2.05, 4.69) is 61.0 Å². The van der Waals surface area contributed by atoms with Gasteiger partial charge in [-0.1, -0.05) is 24.3 Å². The van der Waals surface area contributed by atoms with Crippen molar-refractivity contribution in [3.05, 3.63) is 48.2 Å². The third kappa shape index (κ3) is 1.52. The molecule has 1 aromatic heterocycles. The van der Waals surface area contributed by atoms with Crippen LogP contribution >= 0.6 is 0 Å². The molecule has 18 heavy (non-hydrogen) atoms. The second-order valence-corrected chi connectivity index (χ2v) is 5.14. The first-order chi connectivity index (χ1) is 8.70. The Kier molecular flexibility index (Phi) is 2.58. The van der Waals surface area contributed by atoms with Gasteiger partial charge < -0.3 is 4.90 Å². The van der Waals surface area contributed by atoms with Crippen molar-refractivity contribution in [3.8, 4) is 11.3 Å². The van der Waals surface area contributed by atoms with E-state index in [-0.39, 0.29) is 0 Å². The highest BCUT2D eigenvalue weighted by Gasteiger charge is 2.29. The molecule has 2 heterocycles. The van der Waals surface area contributed by atoms with E-state index in [9.17, 15) is 0 Å². The van der Waals surface area contributed by atoms with Crippen molar-refractivity contribution in [1.82, 2.24) is 4.98 Å². The highest BCUT2D eigenvalue weighted by molar-refractivity contribution is 5.81. The summed E-state index contributed by atoms with van der Waals surface area (Å²) in [5, 5.41) is 0. The monoisotopic (exact) mass is 238 g/mol. The molecular weight excluding hydrogens is 220 g/mol. The third-order valence-corrected chi connectivity index (χ3v) is 3.70. The van der Waals surface area contributed by atoms with Gasteiger partial charge >= 0.3 is 0 Å². The van der Waals surface area contributed by atoms with Gasteiger partial charge in [0, 0.05) is 17.8 Å². The average Bonchev–Trinajstić information content (AvgIpc) is 2.39. The van der Waals surface area contributed by atoms with Gasteiger partial charge in [-0.15, -0.1) is 0 Å². The number of hydrogen-bond donors (Lipinski definition) is 0. The van der Waals surface area contributed by atoms with Gasteiger partial charge in [0.15, 0.2) is 0 Å². The van der Waals surface area contributed by atoms with Gasteiger partial charge in [0.05, 0.1) is 17.4 Å². The fraction of sp³-hybridized carbons (Fsp3) is 0.312. The summed E-state index contributed by atoms with van der Waals surface area (Å²) < 4.78 is 0. The number of aromatic nitrogens is 1. The van der Waals surface area contributed by atoms with Crippen molar-refractivity contribution in [2.45, 2.75) is 32.9 Å². The fourth-order valence-electron chi connectivity index (χ4n) is 2.97. The molecule has 2 aromatic rings. The summed E-state index contributed by atoms with van der Waals surface area (Å²) in [7, 11) is 0. The van der Waals surface area contributed by atoms with E-state index in [4.69, 9.17) is 0 Å². The second kappa shape index (κ2) is 4.13. The molecule has 0 amide bonds. The average molecular weight is 238 g/mol. The number of benzene rings is 1. The van der Waals surface area contributed by atoms with Crippen LogP contribution in [0.1, 0.15) is 32.4 Å². The lowest BCUT2D eigenvalue weighted by molar-refractivity contribution is 0.591. The van der Waals surface area contributed by atoms with Gasteiger partial charge in [0.1, 0.15) is 0 Å². The van der Waals surface area contributed by atoms with Crippen LogP contribution in [-0.2, 0) is 0 Å². The molecule has 0 spiro atoms. The molecule has 0 N–H and O–H groups in total. The predicted molar refractivity (Wildman–Crippen MR) is 75.7 cm³/mol. The standard InChI is InChI=1S/C16H18N2/c1-11(2)18-12(3)13-7-4-5-8-14(13)16-15(18)9-6-10-17-16/h4-12H,1-3H3. The smallest absolute Gasteiger partial charge is 0.0939 e. The van der Waals surface area contributed by atoms with Gasteiger partial charge in [-0.25, -0.2) is 0 Å². The minimum atomic E-state index is 0.401. The molecule has 1 aliphatic rings. The molecule has 0 bridgehead atoms. The fourth-order valence-corrected chi connectivity index (χ4v) is 2.97. The molecule has 0 saturated carbocycles. The first-order valence-electron chi connectivity index (χ1n) is 6.53. The van der Waals surface area contributed by atoms with Gasteiger partial charge in [0.2, 0.25) is 0 Å². The van der Waals surface area contributed by atoms with Crippen molar-refractivity contribution in [2.75, 3.05) is 4.90 Å². The largest absolute Gasteiger partial charge is 0.361 e. The Morgan fingerprint density at radius 3 is 2.67 bits per heavy atom. The molecule has 0 fully saturated rings. The van der Waals surface area contributed by atoms with Gasteiger partial charge in [-0.2, -0.15) is 0 Å². The number of nitrogens with zero attached hydrogens (tertiary/aromatic N) is 2. The Balaban J connectivity index is 2.28. The Morgan fingerprint density at radius 1 is 1.11 bits per heavy atom. The van der Waals surface area contributed by atoms with Crippen molar-refractivity contribution in [2.24, 2.45) is 0 Å². The molecule has 2 heteroatoms. The maximum Gasteiger partial charge on any atom is 0.0939 e. The van der Waals surface area contributed by atoms with Crippen molar-refractivity contribution >= 4 is 5.69 Å². The molecule has 3 rings (SSSR count). The molecule has 1 atom stereocenters. The lowest BCUT2D eigenvalue weighted by atomic mass is 9.91. The lowest BCUT2D eigenvalue weighted by Gasteiger charge is -2.40. The maximum atomic E-state index is 4.59. The minimum absolute atomic E-state index is 0.401. The van der Waals surface area contributed by atoms with Crippen molar-refractivity contribution in [3.63, 3.8) is 0 Å². The van der Waals surface area contributed by atoms with Crippen LogP contribution in [0.5, 0.6) is 0 Å². The zero-order chi connectivity index (χ0) is 12.7. The van der Waals surface area contributed by atoms with Crippen molar-refractivity contribution < 1.29 is 0 Å². The van der Waals surface area contributed by atoms with Crippen molar-refractivity contribution in [1.29, 1.82) is 0 Å². The summed E-state index contributed by atoms with van der Waals surface area (Å²) >= 11 is 0. The highest BCUT2D eigenvalue weighted by Crippen LogP contribution is 2.43. The van der Waals surface area contributed by atoms with E-state index in [0.29, 0.717) is 12.1 Å². The van der Waals surface area contributed by atoms with Gasteiger partial charge in [0.25, 0.3) is 0 Å². The predicted octanol–water partition coefficient (Wildman–Crippen LogP) is 4.04. The second-order valence-electron chi connectivity index (χ2n) is 5.14. The van der Waals surface area contributed by atoms with E-state index < -0.39 is 0 Å². The van der Waals surface area contributed by atoms with Crippen LogP contribution in [0.4, 0.5) is 5.69 Å². The molecule has 0 saturated heterocycles. The topological polar surface area (TPSA) is 16.1 Å². The summed E-state index contributed by atoms with van der Waals surface area (Å²) in [6, 6.07) is 13.7. The van der Waals surface area contributed by atoms with Crippen LogP contribution in [-0.4, -0.2) is 11.0 Å². The number of pyridine rings is 1. The van der Waals surface area contributed by atoms with E-state index >= 15 is 0 Å². The summed E-state index contributed by atoms with van der Waals surface area (Å²) in [4.78, 5) is 7.04.